The highest BCUT2D eigenvalue weighted by Gasteiger charge is 2.06. The molecule has 1 rings (SSSR count). The molecule has 1 aliphatic carbocycles. The Morgan fingerprint density at radius 1 is 1.75 bits per heavy atom. The fraction of sp³-hybridized carbons (Fsp3) is 0.714. The van der Waals surface area contributed by atoms with Gasteiger partial charge in [0.15, 0.2) is 0 Å². The second-order valence-electron chi connectivity index (χ2n) is 2.22. The summed E-state index contributed by atoms with van der Waals surface area (Å²) in [4.78, 5) is 0. The summed E-state index contributed by atoms with van der Waals surface area (Å²) in [5.74, 6) is 2.21. The van der Waals surface area contributed by atoms with Gasteiger partial charge in [-0.2, -0.15) is 11.8 Å². The van der Waals surface area contributed by atoms with Crippen molar-refractivity contribution in [3.05, 3.63) is 12.2 Å². The lowest BCUT2D eigenvalue weighted by Gasteiger charge is -2.01. The van der Waals surface area contributed by atoms with Crippen LogP contribution in [0.15, 0.2) is 12.2 Å². The van der Waals surface area contributed by atoms with Crippen molar-refractivity contribution < 1.29 is 0 Å². The van der Waals surface area contributed by atoms with Gasteiger partial charge in [-0.15, -0.1) is 0 Å². The zero-order chi connectivity index (χ0) is 5.82. The molecule has 8 heavy (non-hydrogen) atoms. The molecule has 0 nitrogen and oxygen atoms in total. The molecule has 0 aromatic carbocycles. The Hall–Kier alpha value is 0.0900. The molecule has 0 heterocycles. The second kappa shape index (κ2) is 3.18. The normalized spacial score (nSPS) is 26.9. The molecule has 0 aliphatic heterocycles. The Morgan fingerprint density at radius 2 is 2.62 bits per heavy atom. The molecule has 0 saturated heterocycles. The highest BCUT2D eigenvalue weighted by atomic mass is 32.2. The summed E-state index contributed by atoms with van der Waals surface area (Å²) in [5, 5.41) is 0. The zero-order valence-electron chi connectivity index (χ0n) is 5.26. The van der Waals surface area contributed by atoms with Crippen LogP contribution in [0.2, 0.25) is 0 Å². The van der Waals surface area contributed by atoms with Crippen molar-refractivity contribution in [1.82, 2.24) is 0 Å². The monoisotopic (exact) mass is 128 g/mol. The van der Waals surface area contributed by atoms with E-state index in [2.05, 4.69) is 18.4 Å². The highest BCUT2D eigenvalue weighted by molar-refractivity contribution is 7.98. The molecule has 1 aliphatic rings. The summed E-state index contributed by atoms with van der Waals surface area (Å²) >= 11 is 1.95. The van der Waals surface area contributed by atoms with Gasteiger partial charge in [0.2, 0.25) is 0 Å². The van der Waals surface area contributed by atoms with Gasteiger partial charge < -0.3 is 0 Å². The second-order valence-corrected chi connectivity index (χ2v) is 3.13. The number of allylic oxidation sites excluding steroid dienone is 2. The van der Waals surface area contributed by atoms with Crippen LogP contribution in [0.25, 0.3) is 0 Å². The van der Waals surface area contributed by atoms with E-state index in [4.69, 9.17) is 0 Å². The molecule has 0 saturated carbocycles. The van der Waals surface area contributed by atoms with E-state index < -0.39 is 0 Å². The van der Waals surface area contributed by atoms with E-state index in [1.54, 1.807) is 0 Å². The average Bonchev–Trinajstić information content (AvgIpc) is 2.19. The van der Waals surface area contributed by atoms with Crippen molar-refractivity contribution in [2.75, 3.05) is 12.0 Å². The molecule has 1 heteroatoms. The summed E-state index contributed by atoms with van der Waals surface area (Å²) in [6.45, 7) is 0. The zero-order valence-corrected chi connectivity index (χ0v) is 6.08. The highest BCUT2D eigenvalue weighted by Crippen LogP contribution is 2.19. The van der Waals surface area contributed by atoms with Crippen LogP contribution in [0.1, 0.15) is 12.8 Å². The number of thioether (sulfide) groups is 1. The summed E-state index contributed by atoms with van der Waals surface area (Å²) in [5.41, 5.74) is 0. The first-order valence-corrected chi connectivity index (χ1v) is 4.48. The predicted molar refractivity (Wildman–Crippen MR) is 40.2 cm³/mol. The minimum Gasteiger partial charge on any atom is -0.165 e. The van der Waals surface area contributed by atoms with E-state index in [9.17, 15) is 0 Å². The average molecular weight is 128 g/mol. The molecule has 0 aromatic heterocycles. The Labute approximate surface area is 55.4 Å². The van der Waals surface area contributed by atoms with Crippen molar-refractivity contribution in [2.45, 2.75) is 12.8 Å². The summed E-state index contributed by atoms with van der Waals surface area (Å²) < 4.78 is 0. The molecule has 46 valence electrons. The summed E-state index contributed by atoms with van der Waals surface area (Å²) in [7, 11) is 0. The molecule has 0 radical (unpaired) electrons. The van der Waals surface area contributed by atoms with Gasteiger partial charge in [0.1, 0.15) is 0 Å². The maximum atomic E-state index is 2.34. The third-order valence-electron chi connectivity index (χ3n) is 1.49. The van der Waals surface area contributed by atoms with Crippen LogP contribution in [0.4, 0.5) is 0 Å². The molecule has 0 N–H and O–H groups in total. The van der Waals surface area contributed by atoms with E-state index >= 15 is 0 Å². The Bertz CT molecular complexity index is 86.4. The van der Waals surface area contributed by atoms with Gasteiger partial charge in [-0.25, -0.2) is 0 Å². The van der Waals surface area contributed by atoms with E-state index in [0.29, 0.717) is 0 Å². The molecule has 0 aromatic rings. The molecule has 0 bridgehead atoms. The predicted octanol–water partition coefficient (Wildman–Crippen LogP) is 2.32. The Balaban J connectivity index is 2.16. The van der Waals surface area contributed by atoms with Crippen molar-refractivity contribution in [1.29, 1.82) is 0 Å². The van der Waals surface area contributed by atoms with E-state index in [1.165, 1.54) is 18.6 Å². The largest absolute Gasteiger partial charge is 0.165 e. The van der Waals surface area contributed by atoms with Crippen LogP contribution < -0.4 is 0 Å². The molecule has 0 amide bonds. The summed E-state index contributed by atoms with van der Waals surface area (Å²) in [6, 6.07) is 0. The van der Waals surface area contributed by atoms with Crippen LogP contribution in [0, 0.1) is 5.92 Å². The molecule has 0 spiro atoms. The lowest BCUT2D eigenvalue weighted by molar-refractivity contribution is 0.713. The third-order valence-corrected chi connectivity index (χ3v) is 2.25. The van der Waals surface area contributed by atoms with E-state index in [0.717, 1.165) is 5.92 Å². The van der Waals surface area contributed by atoms with Gasteiger partial charge in [0.05, 0.1) is 0 Å². The summed E-state index contributed by atoms with van der Waals surface area (Å²) in [6.07, 6.45) is 9.51. The van der Waals surface area contributed by atoms with Crippen molar-refractivity contribution in [3.8, 4) is 0 Å². The van der Waals surface area contributed by atoms with Gasteiger partial charge in [-0.05, 0) is 30.8 Å². The van der Waals surface area contributed by atoms with Crippen molar-refractivity contribution in [3.63, 3.8) is 0 Å². The van der Waals surface area contributed by atoms with E-state index in [1.807, 2.05) is 11.8 Å². The Morgan fingerprint density at radius 3 is 3.12 bits per heavy atom. The fourth-order valence-corrected chi connectivity index (χ4v) is 1.75. The van der Waals surface area contributed by atoms with Gasteiger partial charge in [0, 0.05) is 0 Å². The van der Waals surface area contributed by atoms with Gasteiger partial charge in [0.25, 0.3) is 0 Å². The third kappa shape index (κ3) is 1.55. The topological polar surface area (TPSA) is 0 Å². The smallest absolute Gasteiger partial charge is 0.000713 e. The molecule has 0 fully saturated rings. The number of rotatable bonds is 2. The van der Waals surface area contributed by atoms with Gasteiger partial charge >= 0.3 is 0 Å². The standard InChI is InChI=1S/C7H12S/c1-8-6-7-4-2-3-5-7/h2,4,7H,3,5-6H2,1H3. The molecular weight excluding hydrogens is 116 g/mol. The fourth-order valence-electron chi connectivity index (χ4n) is 1.05. The van der Waals surface area contributed by atoms with Gasteiger partial charge in [-0.3, -0.25) is 0 Å². The maximum Gasteiger partial charge on any atom is -0.000713 e. The van der Waals surface area contributed by atoms with E-state index in [-0.39, 0.29) is 0 Å². The first kappa shape index (κ1) is 6.21. The Kier molecular flexibility index (Phi) is 2.47. The lowest BCUT2D eigenvalue weighted by Crippen LogP contribution is -1.93. The number of hydrogen-bond acceptors (Lipinski definition) is 1. The SMILES string of the molecule is CSCC1C=CCC1. The minimum absolute atomic E-state index is 0.894. The minimum atomic E-state index is 0.894. The van der Waals surface area contributed by atoms with Crippen LogP contribution in [-0.2, 0) is 0 Å². The van der Waals surface area contributed by atoms with Crippen molar-refractivity contribution >= 4 is 11.8 Å². The van der Waals surface area contributed by atoms with Gasteiger partial charge in [-0.1, -0.05) is 12.2 Å². The maximum absolute atomic E-state index is 2.34. The number of hydrogen-bond donors (Lipinski definition) is 0. The molecule has 1 atom stereocenters. The van der Waals surface area contributed by atoms with Crippen LogP contribution in [0.3, 0.4) is 0 Å². The van der Waals surface area contributed by atoms with Crippen LogP contribution >= 0.6 is 11.8 Å². The quantitative estimate of drug-likeness (QED) is 0.514. The first-order chi connectivity index (χ1) is 3.93. The first-order valence-electron chi connectivity index (χ1n) is 3.09. The molecular formula is C7H12S. The van der Waals surface area contributed by atoms with Crippen molar-refractivity contribution in [2.24, 2.45) is 5.92 Å². The molecule has 1 unspecified atom stereocenters. The van der Waals surface area contributed by atoms with Crippen LogP contribution in [0.5, 0.6) is 0 Å². The van der Waals surface area contributed by atoms with Crippen LogP contribution in [-0.4, -0.2) is 12.0 Å². The lowest BCUT2D eigenvalue weighted by atomic mass is 10.2.